The number of hydrogen-bond donors (Lipinski definition) is 0. The largest absolute Gasteiger partial charge is 0.237 e. The molecule has 2 nitrogen and oxygen atoms in total. The van der Waals surface area contributed by atoms with Crippen molar-refractivity contribution in [2.24, 2.45) is 0 Å². The van der Waals surface area contributed by atoms with Gasteiger partial charge in [-0.3, -0.25) is 0 Å². The molecule has 0 aliphatic carbocycles. The second-order valence-corrected chi connectivity index (χ2v) is 4.93. The van der Waals surface area contributed by atoms with E-state index in [1.807, 2.05) is 0 Å². The van der Waals surface area contributed by atoms with Gasteiger partial charge in [0.25, 0.3) is 0 Å². The lowest BCUT2D eigenvalue weighted by atomic mass is 10.2. The zero-order valence-corrected chi connectivity index (χ0v) is 12.5. The SMILES string of the molecule is CCN(Cc1ccccc1)N(CC)Cc1ccccc1. The minimum atomic E-state index is 0.970. The predicted molar refractivity (Wildman–Crippen MR) is 85.1 cm³/mol. The topological polar surface area (TPSA) is 6.48 Å². The van der Waals surface area contributed by atoms with E-state index in [0.29, 0.717) is 0 Å². The molecule has 2 aromatic carbocycles. The average molecular weight is 268 g/mol. The summed E-state index contributed by atoms with van der Waals surface area (Å²) in [5.74, 6) is 0. The summed E-state index contributed by atoms with van der Waals surface area (Å²) in [6.45, 7) is 8.42. The zero-order valence-electron chi connectivity index (χ0n) is 12.5. The van der Waals surface area contributed by atoms with Crippen molar-refractivity contribution in [1.82, 2.24) is 10.0 Å². The molecule has 0 spiro atoms. The van der Waals surface area contributed by atoms with E-state index < -0.39 is 0 Å². The van der Waals surface area contributed by atoms with Gasteiger partial charge in [-0.25, -0.2) is 10.0 Å². The highest BCUT2D eigenvalue weighted by atomic mass is 15.6. The van der Waals surface area contributed by atoms with Crippen molar-refractivity contribution in [2.75, 3.05) is 13.1 Å². The number of rotatable bonds is 7. The van der Waals surface area contributed by atoms with E-state index in [4.69, 9.17) is 0 Å². The molecule has 0 saturated heterocycles. The Balaban J connectivity index is 2.04. The molecule has 0 bridgehead atoms. The summed E-state index contributed by atoms with van der Waals surface area (Å²) in [6.07, 6.45) is 0. The van der Waals surface area contributed by atoms with Crippen molar-refractivity contribution in [1.29, 1.82) is 0 Å². The molecule has 0 radical (unpaired) electrons. The third-order valence-corrected chi connectivity index (χ3v) is 3.55. The number of benzene rings is 2. The van der Waals surface area contributed by atoms with Gasteiger partial charge in [0.15, 0.2) is 0 Å². The van der Waals surface area contributed by atoms with Crippen LogP contribution in [0.1, 0.15) is 25.0 Å². The molecule has 0 atom stereocenters. The van der Waals surface area contributed by atoms with Crippen molar-refractivity contribution in [2.45, 2.75) is 26.9 Å². The van der Waals surface area contributed by atoms with Gasteiger partial charge in [-0.1, -0.05) is 74.5 Å². The van der Waals surface area contributed by atoms with Crippen LogP contribution in [0.4, 0.5) is 0 Å². The van der Waals surface area contributed by atoms with E-state index in [9.17, 15) is 0 Å². The van der Waals surface area contributed by atoms with Crippen LogP contribution in [0.25, 0.3) is 0 Å². The first-order valence-corrected chi connectivity index (χ1v) is 7.41. The van der Waals surface area contributed by atoms with Crippen LogP contribution in [-0.2, 0) is 13.1 Å². The van der Waals surface area contributed by atoms with Crippen molar-refractivity contribution in [3.63, 3.8) is 0 Å². The van der Waals surface area contributed by atoms with Crippen LogP contribution >= 0.6 is 0 Å². The lowest BCUT2D eigenvalue weighted by Gasteiger charge is -2.33. The van der Waals surface area contributed by atoms with Crippen LogP contribution < -0.4 is 0 Å². The molecule has 0 aliphatic heterocycles. The Morgan fingerprint density at radius 1 is 0.600 bits per heavy atom. The first-order chi connectivity index (χ1) is 9.83. The van der Waals surface area contributed by atoms with E-state index >= 15 is 0 Å². The van der Waals surface area contributed by atoms with E-state index in [0.717, 1.165) is 26.2 Å². The van der Waals surface area contributed by atoms with Gasteiger partial charge < -0.3 is 0 Å². The second kappa shape index (κ2) is 7.83. The maximum absolute atomic E-state index is 2.42. The van der Waals surface area contributed by atoms with Gasteiger partial charge in [0.05, 0.1) is 0 Å². The lowest BCUT2D eigenvalue weighted by molar-refractivity contribution is -0.0323. The third-order valence-electron chi connectivity index (χ3n) is 3.55. The lowest BCUT2D eigenvalue weighted by Crippen LogP contribution is -2.41. The molecule has 0 heterocycles. The summed E-state index contributed by atoms with van der Waals surface area (Å²) in [5.41, 5.74) is 2.72. The maximum atomic E-state index is 2.42. The molecule has 0 fully saturated rings. The van der Waals surface area contributed by atoms with Gasteiger partial charge in [0.2, 0.25) is 0 Å². The Kier molecular flexibility index (Phi) is 5.78. The summed E-state index contributed by atoms with van der Waals surface area (Å²) in [7, 11) is 0. The van der Waals surface area contributed by atoms with Crippen molar-refractivity contribution >= 4 is 0 Å². The number of hydrazine groups is 1. The molecular weight excluding hydrogens is 244 g/mol. The van der Waals surface area contributed by atoms with Gasteiger partial charge in [0, 0.05) is 26.2 Å². The Morgan fingerprint density at radius 3 is 1.25 bits per heavy atom. The minimum absolute atomic E-state index is 0.970. The molecule has 106 valence electrons. The Labute approximate surface area is 122 Å². The molecule has 20 heavy (non-hydrogen) atoms. The van der Waals surface area contributed by atoms with E-state index in [1.165, 1.54) is 11.1 Å². The van der Waals surface area contributed by atoms with Crippen molar-refractivity contribution < 1.29 is 0 Å². The standard InChI is InChI=1S/C18H24N2/c1-3-19(15-17-11-7-5-8-12-17)20(4-2)16-18-13-9-6-10-14-18/h5-14H,3-4,15-16H2,1-2H3. The summed E-state index contributed by atoms with van der Waals surface area (Å²) in [4.78, 5) is 0. The summed E-state index contributed by atoms with van der Waals surface area (Å²) in [6, 6.07) is 21.3. The van der Waals surface area contributed by atoms with Crippen LogP contribution in [0.3, 0.4) is 0 Å². The number of hydrogen-bond acceptors (Lipinski definition) is 2. The molecule has 2 aromatic rings. The Morgan fingerprint density at radius 2 is 0.950 bits per heavy atom. The molecule has 0 amide bonds. The average Bonchev–Trinajstić information content (AvgIpc) is 2.52. The molecule has 2 rings (SSSR count). The third kappa shape index (κ3) is 4.19. The minimum Gasteiger partial charge on any atom is -0.237 e. The van der Waals surface area contributed by atoms with Crippen LogP contribution in [-0.4, -0.2) is 23.1 Å². The van der Waals surface area contributed by atoms with Crippen LogP contribution in [0.2, 0.25) is 0 Å². The highest BCUT2D eigenvalue weighted by Crippen LogP contribution is 2.11. The smallest absolute Gasteiger partial charge is 0.0384 e. The monoisotopic (exact) mass is 268 g/mol. The normalized spacial score (nSPS) is 11.2. The van der Waals surface area contributed by atoms with E-state index in [1.54, 1.807) is 0 Å². The van der Waals surface area contributed by atoms with E-state index in [-0.39, 0.29) is 0 Å². The first kappa shape index (κ1) is 14.8. The fourth-order valence-corrected chi connectivity index (χ4v) is 2.41. The summed E-state index contributed by atoms with van der Waals surface area (Å²) >= 11 is 0. The Hall–Kier alpha value is -1.64. The van der Waals surface area contributed by atoms with Gasteiger partial charge >= 0.3 is 0 Å². The van der Waals surface area contributed by atoms with Crippen LogP contribution in [0, 0.1) is 0 Å². The molecule has 0 aromatic heterocycles. The summed E-state index contributed by atoms with van der Waals surface area (Å²) in [5, 5.41) is 4.84. The quantitative estimate of drug-likeness (QED) is 0.702. The zero-order chi connectivity index (χ0) is 14.2. The highest BCUT2D eigenvalue weighted by molar-refractivity contribution is 5.15. The second-order valence-electron chi connectivity index (χ2n) is 4.93. The Bertz CT molecular complexity index is 434. The first-order valence-electron chi connectivity index (χ1n) is 7.41. The molecule has 0 N–H and O–H groups in total. The molecule has 0 unspecified atom stereocenters. The van der Waals surface area contributed by atoms with E-state index in [2.05, 4.69) is 84.5 Å². The van der Waals surface area contributed by atoms with Crippen molar-refractivity contribution in [3.05, 3.63) is 71.8 Å². The molecule has 0 saturated carbocycles. The van der Waals surface area contributed by atoms with Gasteiger partial charge in [0.1, 0.15) is 0 Å². The van der Waals surface area contributed by atoms with Gasteiger partial charge in [-0.2, -0.15) is 0 Å². The van der Waals surface area contributed by atoms with Crippen LogP contribution in [0.15, 0.2) is 60.7 Å². The molecule has 0 aliphatic rings. The fourth-order valence-electron chi connectivity index (χ4n) is 2.41. The fraction of sp³-hybridized carbons (Fsp3) is 0.333. The highest BCUT2D eigenvalue weighted by Gasteiger charge is 2.12. The van der Waals surface area contributed by atoms with Crippen LogP contribution in [0.5, 0.6) is 0 Å². The maximum Gasteiger partial charge on any atom is 0.0384 e. The van der Waals surface area contributed by atoms with Gasteiger partial charge in [-0.05, 0) is 11.1 Å². The number of nitrogens with zero attached hydrogens (tertiary/aromatic N) is 2. The molecular formula is C18H24N2. The predicted octanol–water partition coefficient (Wildman–Crippen LogP) is 3.95. The van der Waals surface area contributed by atoms with Crippen molar-refractivity contribution in [3.8, 4) is 0 Å². The van der Waals surface area contributed by atoms with Gasteiger partial charge in [-0.15, -0.1) is 0 Å². The molecule has 2 heteroatoms. The summed E-state index contributed by atoms with van der Waals surface area (Å²) < 4.78 is 0.